The van der Waals surface area contributed by atoms with Gasteiger partial charge in [0.15, 0.2) is 0 Å². The molecular weight excluding hydrogens is 512 g/mol. The molecule has 2 atom stereocenters. The van der Waals surface area contributed by atoms with Gasteiger partial charge in [-0.1, -0.05) is 35.9 Å². The van der Waals surface area contributed by atoms with Gasteiger partial charge in [-0.2, -0.15) is 0 Å². The van der Waals surface area contributed by atoms with Crippen LogP contribution in [0.25, 0.3) is 5.57 Å². The van der Waals surface area contributed by atoms with Crippen molar-refractivity contribution in [1.82, 2.24) is 4.90 Å². The Kier molecular flexibility index (Phi) is 8.07. The molecule has 39 heavy (non-hydrogen) atoms. The van der Waals surface area contributed by atoms with Crippen LogP contribution >= 0.6 is 11.6 Å². The van der Waals surface area contributed by atoms with Crippen LogP contribution in [0.1, 0.15) is 43.2 Å². The molecule has 0 amide bonds. The summed E-state index contributed by atoms with van der Waals surface area (Å²) in [6.45, 7) is 4.74. The highest BCUT2D eigenvalue weighted by atomic mass is 35.5. The summed E-state index contributed by atoms with van der Waals surface area (Å²) in [6.07, 6.45) is 12.9. The summed E-state index contributed by atoms with van der Waals surface area (Å²) in [6, 6.07) is 13.9. The molecule has 4 aliphatic rings. The lowest BCUT2D eigenvalue weighted by molar-refractivity contribution is -0.0254. The van der Waals surface area contributed by atoms with E-state index in [0.29, 0.717) is 11.6 Å². The van der Waals surface area contributed by atoms with Crippen molar-refractivity contribution >= 4 is 23.4 Å². The molecule has 2 saturated heterocycles. The Hall–Kier alpha value is -2.64. The number of rotatable bonds is 6. The second-order valence-corrected chi connectivity index (χ2v) is 11.4. The van der Waals surface area contributed by atoms with Gasteiger partial charge >= 0.3 is 0 Å². The van der Waals surface area contributed by atoms with Gasteiger partial charge in [-0.15, -0.1) is 0 Å². The quantitative estimate of drug-likeness (QED) is 0.504. The number of benzene rings is 2. The molecule has 6 rings (SSSR count). The smallest absolute Gasteiger partial charge is 0.127 e. The van der Waals surface area contributed by atoms with Gasteiger partial charge in [-0.25, -0.2) is 0 Å². The molecule has 0 aromatic heterocycles. The van der Waals surface area contributed by atoms with Crippen molar-refractivity contribution < 1.29 is 19.3 Å². The van der Waals surface area contributed by atoms with Gasteiger partial charge in [0.05, 0.1) is 24.9 Å². The number of hydrogen-bond donors (Lipinski definition) is 1. The summed E-state index contributed by atoms with van der Waals surface area (Å²) in [4.78, 5) is 7.19. The average Bonchev–Trinajstić information content (AvgIpc) is 3.12. The van der Waals surface area contributed by atoms with Crippen LogP contribution in [0.3, 0.4) is 0 Å². The van der Waals surface area contributed by atoms with Crippen LogP contribution in [0.5, 0.6) is 11.5 Å². The Bertz CT molecular complexity index is 1230. The molecule has 1 N–H and O–H groups in total. The van der Waals surface area contributed by atoms with Crippen molar-refractivity contribution in [2.75, 3.05) is 39.5 Å². The van der Waals surface area contributed by atoms with E-state index in [9.17, 15) is 5.11 Å². The number of likely N-dealkylation sites (tertiary alicyclic amines) is 1. The highest BCUT2D eigenvalue weighted by Crippen LogP contribution is 2.41. The first-order valence-corrected chi connectivity index (χ1v) is 14.6. The van der Waals surface area contributed by atoms with Gasteiger partial charge < -0.3 is 24.2 Å². The van der Waals surface area contributed by atoms with Crippen molar-refractivity contribution in [3.63, 3.8) is 0 Å². The molecule has 4 aliphatic heterocycles. The third kappa shape index (κ3) is 6.09. The highest BCUT2D eigenvalue weighted by molar-refractivity contribution is 6.30. The topological polar surface area (TPSA) is 63.5 Å². The maximum Gasteiger partial charge on any atom is 0.127 e. The zero-order valence-corrected chi connectivity index (χ0v) is 23.1. The van der Waals surface area contributed by atoms with Crippen LogP contribution in [-0.2, 0) is 10.3 Å². The Balaban J connectivity index is 1.16. The lowest BCUT2D eigenvalue weighted by Crippen LogP contribution is -2.42. The Morgan fingerprint density at radius 3 is 2.69 bits per heavy atom. The highest BCUT2D eigenvalue weighted by Gasteiger charge is 2.34. The molecule has 0 radical (unpaired) electrons. The molecule has 2 fully saturated rings. The van der Waals surface area contributed by atoms with Crippen molar-refractivity contribution in [2.45, 2.75) is 49.9 Å². The molecule has 0 spiro atoms. The third-order valence-electron chi connectivity index (χ3n) is 8.47. The Morgan fingerprint density at radius 1 is 1.10 bits per heavy atom. The number of hydrogen-bond acceptors (Lipinski definition) is 6. The van der Waals surface area contributed by atoms with Crippen LogP contribution in [-0.4, -0.2) is 67.8 Å². The zero-order chi connectivity index (χ0) is 26.7. The van der Waals surface area contributed by atoms with E-state index in [1.165, 1.54) is 5.57 Å². The minimum atomic E-state index is -0.782. The number of allylic oxidation sites excluding steroid dienone is 1. The predicted molar refractivity (Wildman–Crippen MR) is 155 cm³/mol. The second-order valence-electron chi connectivity index (χ2n) is 11.0. The zero-order valence-electron chi connectivity index (χ0n) is 22.3. The van der Waals surface area contributed by atoms with Crippen molar-refractivity contribution in [3.8, 4) is 11.5 Å². The second kappa shape index (κ2) is 11.8. The molecule has 0 aliphatic carbocycles. The molecule has 0 bridgehead atoms. The molecule has 2 aromatic carbocycles. The van der Waals surface area contributed by atoms with Gasteiger partial charge in [-0.3, -0.25) is 4.99 Å². The molecule has 4 heterocycles. The molecule has 2 unspecified atom stereocenters. The third-order valence-corrected chi connectivity index (χ3v) is 8.72. The van der Waals surface area contributed by atoms with Crippen molar-refractivity contribution in [3.05, 3.63) is 76.8 Å². The minimum Gasteiger partial charge on any atom is -0.491 e. The van der Waals surface area contributed by atoms with E-state index in [-0.39, 0.29) is 18.1 Å². The fraction of sp³-hybridized carbons (Fsp3) is 0.469. The molecular formula is C32H37ClN2O4. The molecule has 6 nitrogen and oxygen atoms in total. The number of ether oxygens (including phenoxy) is 3. The van der Waals surface area contributed by atoms with Crippen molar-refractivity contribution in [2.24, 2.45) is 10.9 Å². The fourth-order valence-corrected chi connectivity index (χ4v) is 6.25. The van der Waals surface area contributed by atoms with E-state index >= 15 is 0 Å². The molecule has 7 heteroatoms. The lowest BCUT2D eigenvalue weighted by Gasteiger charge is -2.38. The summed E-state index contributed by atoms with van der Waals surface area (Å²) in [7, 11) is 0. The van der Waals surface area contributed by atoms with Gasteiger partial charge in [0.1, 0.15) is 24.2 Å². The van der Waals surface area contributed by atoms with E-state index in [0.717, 1.165) is 87.6 Å². The van der Waals surface area contributed by atoms with E-state index in [1.54, 1.807) is 0 Å². The molecule has 206 valence electrons. The SMILES string of the molecule is OC1(c2ccc(Cl)cc2)CCN(CC/C=C2/c3cc(OC4CCOCC4)ccc3OCC3N=CC=CC23)CC1. The number of dihydropyridines is 1. The predicted octanol–water partition coefficient (Wildman–Crippen LogP) is 5.67. The van der Waals surface area contributed by atoms with Gasteiger partial charge in [0.2, 0.25) is 0 Å². The number of nitrogens with zero attached hydrogens (tertiary/aromatic N) is 2. The largest absolute Gasteiger partial charge is 0.491 e. The van der Waals surface area contributed by atoms with E-state index < -0.39 is 5.60 Å². The summed E-state index contributed by atoms with van der Waals surface area (Å²) in [5, 5.41) is 12.0. The van der Waals surface area contributed by atoms with Crippen LogP contribution in [0.15, 0.2) is 65.7 Å². The fourth-order valence-electron chi connectivity index (χ4n) is 6.13. The van der Waals surface area contributed by atoms with Gasteiger partial charge in [0.25, 0.3) is 0 Å². The maximum atomic E-state index is 11.3. The van der Waals surface area contributed by atoms with Gasteiger partial charge in [0, 0.05) is 55.2 Å². The minimum absolute atomic E-state index is 0.0675. The number of halogens is 1. The first-order chi connectivity index (χ1) is 19.1. The molecule has 2 aromatic rings. The average molecular weight is 549 g/mol. The first-order valence-electron chi connectivity index (χ1n) is 14.2. The first kappa shape index (κ1) is 26.6. The van der Waals surface area contributed by atoms with Crippen LogP contribution in [0.4, 0.5) is 0 Å². The van der Waals surface area contributed by atoms with E-state index in [4.69, 9.17) is 30.8 Å². The summed E-state index contributed by atoms with van der Waals surface area (Å²) >= 11 is 6.05. The maximum absolute atomic E-state index is 11.3. The summed E-state index contributed by atoms with van der Waals surface area (Å²) in [5.41, 5.74) is 2.53. The summed E-state index contributed by atoms with van der Waals surface area (Å²) < 4.78 is 18.1. The normalized spacial score (nSPS) is 25.9. The van der Waals surface area contributed by atoms with E-state index in [1.807, 2.05) is 48.7 Å². The Labute approximate surface area is 235 Å². The number of aliphatic hydroxyl groups is 1. The number of aliphatic imine (C=N–C) groups is 1. The van der Waals surface area contributed by atoms with Crippen molar-refractivity contribution in [1.29, 1.82) is 0 Å². The Morgan fingerprint density at radius 2 is 1.90 bits per heavy atom. The summed E-state index contributed by atoms with van der Waals surface area (Å²) in [5.74, 6) is 1.95. The standard InChI is InChI=1S/C32H37ClN2O4/c33-24-7-5-23(6-8-24)32(36)13-17-35(18-14-32)16-2-4-27-28-3-1-15-34-30(28)22-38-31-10-9-26(21-29(27)31)39-25-11-19-37-20-12-25/h1,3-10,15,21,25,28,30,36H,2,11-14,16-20,22H2/b27-4+. The number of piperidine rings is 1. The molecule has 0 saturated carbocycles. The van der Waals surface area contributed by atoms with Crippen LogP contribution < -0.4 is 9.47 Å². The monoisotopic (exact) mass is 548 g/mol. The van der Waals surface area contributed by atoms with Crippen LogP contribution in [0, 0.1) is 5.92 Å². The van der Waals surface area contributed by atoms with Crippen LogP contribution in [0.2, 0.25) is 5.02 Å². The lowest BCUT2D eigenvalue weighted by atomic mass is 9.84. The van der Waals surface area contributed by atoms with E-state index in [2.05, 4.69) is 23.1 Å². The van der Waals surface area contributed by atoms with Gasteiger partial charge in [-0.05, 0) is 66.8 Å². The number of fused-ring (bicyclic) bond motifs is 2.